The molecule has 2 amide bonds. The van der Waals surface area contributed by atoms with Gasteiger partial charge in [0.2, 0.25) is 0 Å². The second-order valence-corrected chi connectivity index (χ2v) is 4.51. The summed E-state index contributed by atoms with van der Waals surface area (Å²) in [5.41, 5.74) is 3.57. The van der Waals surface area contributed by atoms with Crippen molar-refractivity contribution in [3.05, 3.63) is 24.3 Å². The number of carbonyl (C=O) groups excluding carboxylic acids is 1. The summed E-state index contributed by atoms with van der Waals surface area (Å²) >= 11 is 0. The predicted molar refractivity (Wildman–Crippen MR) is 76.9 cm³/mol. The van der Waals surface area contributed by atoms with Crippen LogP contribution in [0.15, 0.2) is 24.3 Å². The van der Waals surface area contributed by atoms with Crippen molar-refractivity contribution in [2.24, 2.45) is 0 Å². The summed E-state index contributed by atoms with van der Waals surface area (Å²) < 4.78 is 5.15. The van der Waals surface area contributed by atoms with Gasteiger partial charge in [-0.1, -0.05) is 0 Å². The molecule has 2 rings (SSSR count). The number of piperazine rings is 1. The van der Waals surface area contributed by atoms with Crippen molar-refractivity contribution >= 4 is 11.7 Å². The lowest BCUT2D eigenvalue weighted by Crippen LogP contribution is -2.51. The number of methoxy groups -OCH3 is 1. The molecule has 20 heavy (non-hydrogen) atoms. The standard InChI is InChI=1S/C14H21N3O3/c1-3-20-15-14(18)17-10-8-16(9-11-17)12-4-6-13(19-2)7-5-12/h4-7H,3,8-11H2,1-2H3,(H,15,18). The van der Waals surface area contributed by atoms with Gasteiger partial charge in [0.25, 0.3) is 0 Å². The molecule has 0 aliphatic carbocycles. The highest BCUT2D eigenvalue weighted by molar-refractivity contribution is 5.73. The molecule has 0 radical (unpaired) electrons. The SMILES string of the molecule is CCONC(=O)N1CCN(c2ccc(OC)cc2)CC1. The van der Waals surface area contributed by atoms with Gasteiger partial charge in [0.1, 0.15) is 5.75 Å². The lowest BCUT2D eigenvalue weighted by Gasteiger charge is -2.35. The molecule has 1 N–H and O–H groups in total. The minimum Gasteiger partial charge on any atom is -0.497 e. The number of amides is 2. The van der Waals surface area contributed by atoms with Crippen LogP contribution in [0.25, 0.3) is 0 Å². The Morgan fingerprint density at radius 3 is 2.40 bits per heavy atom. The van der Waals surface area contributed by atoms with E-state index >= 15 is 0 Å². The summed E-state index contributed by atoms with van der Waals surface area (Å²) in [6.45, 7) is 5.30. The normalized spacial score (nSPS) is 15.1. The van der Waals surface area contributed by atoms with Crippen molar-refractivity contribution < 1.29 is 14.4 Å². The van der Waals surface area contributed by atoms with Crippen molar-refractivity contribution in [2.75, 3.05) is 44.8 Å². The third kappa shape index (κ3) is 3.54. The maximum Gasteiger partial charge on any atom is 0.341 e. The van der Waals surface area contributed by atoms with Gasteiger partial charge < -0.3 is 14.5 Å². The minimum atomic E-state index is -0.166. The van der Waals surface area contributed by atoms with E-state index in [-0.39, 0.29) is 6.03 Å². The molecule has 0 atom stereocenters. The predicted octanol–water partition coefficient (Wildman–Crippen LogP) is 1.48. The number of anilines is 1. The summed E-state index contributed by atoms with van der Waals surface area (Å²) in [5, 5.41) is 0. The van der Waals surface area contributed by atoms with Crippen molar-refractivity contribution in [1.82, 2.24) is 10.4 Å². The van der Waals surface area contributed by atoms with E-state index in [2.05, 4.69) is 10.4 Å². The summed E-state index contributed by atoms with van der Waals surface area (Å²) in [5.74, 6) is 0.850. The molecule has 1 aliphatic rings. The minimum absolute atomic E-state index is 0.166. The first-order chi connectivity index (χ1) is 9.74. The monoisotopic (exact) mass is 279 g/mol. The fourth-order valence-electron chi connectivity index (χ4n) is 2.16. The number of nitrogens with one attached hydrogen (secondary N) is 1. The molecular weight excluding hydrogens is 258 g/mol. The van der Waals surface area contributed by atoms with Gasteiger partial charge in [-0.05, 0) is 31.2 Å². The van der Waals surface area contributed by atoms with Crippen LogP contribution in [-0.2, 0) is 4.84 Å². The van der Waals surface area contributed by atoms with Crippen LogP contribution >= 0.6 is 0 Å². The van der Waals surface area contributed by atoms with Crippen LogP contribution in [0.3, 0.4) is 0 Å². The summed E-state index contributed by atoms with van der Waals surface area (Å²) in [4.78, 5) is 20.7. The third-order valence-corrected chi connectivity index (χ3v) is 3.31. The highest BCUT2D eigenvalue weighted by Gasteiger charge is 2.21. The lowest BCUT2D eigenvalue weighted by atomic mass is 10.2. The molecule has 0 bridgehead atoms. The van der Waals surface area contributed by atoms with Crippen molar-refractivity contribution in [1.29, 1.82) is 0 Å². The Morgan fingerprint density at radius 2 is 1.85 bits per heavy atom. The molecule has 0 aromatic heterocycles. The molecular formula is C14H21N3O3. The maximum absolute atomic E-state index is 11.7. The van der Waals surface area contributed by atoms with Gasteiger partial charge in [0.05, 0.1) is 13.7 Å². The Balaban J connectivity index is 1.85. The number of hydrogen-bond donors (Lipinski definition) is 1. The molecule has 1 aliphatic heterocycles. The second-order valence-electron chi connectivity index (χ2n) is 4.51. The summed E-state index contributed by atoms with van der Waals surface area (Å²) in [6.07, 6.45) is 0. The van der Waals surface area contributed by atoms with E-state index < -0.39 is 0 Å². The zero-order valence-corrected chi connectivity index (χ0v) is 12.0. The molecule has 1 fully saturated rings. The van der Waals surface area contributed by atoms with E-state index in [0.717, 1.165) is 24.5 Å². The van der Waals surface area contributed by atoms with Crippen molar-refractivity contribution in [3.8, 4) is 5.75 Å². The molecule has 1 heterocycles. The van der Waals surface area contributed by atoms with Gasteiger partial charge in [-0.15, -0.1) is 0 Å². The van der Waals surface area contributed by atoms with Gasteiger partial charge in [0, 0.05) is 31.9 Å². The Bertz CT molecular complexity index is 428. The zero-order chi connectivity index (χ0) is 14.4. The number of rotatable bonds is 4. The molecule has 1 aromatic carbocycles. The van der Waals surface area contributed by atoms with Crippen LogP contribution in [0.2, 0.25) is 0 Å². The van der Waals surface area contributed by atoms with Crippen LogP contribution in [0.5, 0.6) is 5.75 Å². The van der Waals surface area contributed by atoms with Gasteiger partial charge in [0.15, 0.2) is 0 Å². The van der Waals surface area contributed by atoms with E-state index in [1.54, 1.807) is 12.0 Å². The Labute approximate surface area is 119 Å². The Morgan fingerprint density at radius 1 is 1.20 bits per heavy atom. The number of urea groups is 1. The average Bonchev–Trinajstić information content (AvgIpc) is 2.53. The van der Waals surface area contributed by atoms with Gasteiger partial charge in [-0.3, -0.25) is 4.84 Å². The molecule has 6 heteroatoms. The number of hydrogen-bond acceptors (Lipinski definition) is 4. The summed E-state index contributed by atoms with van der Waals surface area (Å²) in [7, 11) is 1.66. The molecule has 1 saturated heterocycles. The fraction of sp³-hybridized carbons (Fsp3) is 0.500. The van der Waals surface area contributed by atoms with Crippen LogP contribution in [0, 0.1) is 0 Å². The zero-order valence-electron chi connectivity index (χ0n) is 12.0. The first kappa shape index (κ1) is 14.5. The van der Waals surface area contributed by atoms with E-state index in [1.807, 2.05) is 31.2 Å². The maximum atomic E-state index is 11.7. The molecule has 110 valence electrons. The van der Waals surface area contributed by atoms with Crippen LogP contribution in [-0.4, -0.2) is 50.8 Å². The van der Waals surface area contributed by atoms with Crippen LogP contribution < -0.4 is 15.1 Å². The van der Waals surface area contributed by atoms with Crippen molar-refractivity contribution in [2.45, 2.75) is 6.92 Å². The number of benzene rings is 1. The molecule has 0 saturated carbocycles. The van der Waals surface area contributed by atoms with E-state index in [4.69, 9.17) is 9.57 Å². The van der Waals surface area contributed by atoms with Crippen molar-refractivity contribution in [3.63, 3.8) is 0 Å². The smallest absolute Gasteiger partial charge is 0.341 e. The lowest BCUT2D eigenvalue weighted by molar-refractivity contribution is 0.0550. The summed E-state index contributed by atoms with van der Waals surface area (Å²) in [6, 6.07) is 7.80. The molecule has 0 spiro atoms. The topological polar surface area (TPSA) is 54.0 Å². The van der Waals surface area contributed by atoms with Gasteiger partial charge >= 0.3 is 6.03 Å². The largest absolute Gasteiger partial charge is 0.497 e. The first-order valence-corrected chi connectivity index (χ1v) is 6.80. The molecule has 0 unspecified atom stereocenters. The number of nitrogens with zero attached hydrogens (tertiary/aromatic N) is 2. The first-order valence-electron chi connectivity index (χ1n) is 6.80. The highest BCUT2D eigenvalue weighted by Crippen LogP contribution is 2.20. The quantitative estimate of drug-likeness (QED) is 0.848. The molecule has 6 nitrogen and oxygen atoms in total. The second kappa shape index (κ2) is 7.00. The number of hydroxylamine groups is 1. The van der Waals surface area contributed by atoms with E-state index in [1.165, 1.54) is 0 Å². The van der Waals surface area contributed by atoms with Gasteiger partial charge in [-0.25, -0.2) is 10.3 Å². The average molecular weight is 279 g/mol. The number of carbonyl (C=O) groups is 1. The number of ether oxygens (including phenoxy) is 1. The Hall–Kier alpha value is -1.95. The fourth-order valence-corrected chi connectivity index (χ4v) is 2.16. The van der Waals surface area contributed by atoms with Crippen LogP contribution in [0.4, 0.5) is 10.5 Å². The molecule has 1 aromatic rings. The highest BCUT2D eigenvalue weighted by atomic mass is 16.7. The Kier molecular flexibility index (Phi) is 5.06. The van der Waals surface area contributed by atoms with E-state index in [9.17, 15) is 4.79 Å². The van der Waals surface area contributed by atoms with E-state index in [0.29, 0.717) is 19.7 Å². The van der Waals surface area contributed by atoms with Crippen LogP contribution in [0.1, 0.15) is 6.92 Å². The van der Waals surface area contributed by atoms with Gasteiger partial charge in [-0.2, -0.15) is 0 Å². The third-order valence-electron chi connectivity index (χ3n) is 3.31.